The van der Waals surface area contributed by atoms with Crippen LogP contribution in [0.4, 0.5) is 5.69 Å². The molecule has 1 spiro atoms. The van der Waals surface area contributed by atoms with Crippen molar-refractivity contribution < 1.29 is 19.7 Å². The molecule has 0 aromatic heterocycles. The number of anilines is 1. The number of thioether (sulfide) groups is 1. The number of rotatable bonds is 4. The third-order valence-electron chi connectivity index (χ3n) is 7.16. The Morgan fingerprint density at radius 1 is 1.18 bits per heavy atom. The number of para-hydroxylation sites is 1. The van der Waals surface area contributed by atoms with Gasteiger partial charge in [0.15, 0.2) is 0 Å². The van der Waals surface area contributed by atoms with E-state index >= 15 is 0 Å². The molecule has 28 heavy (non-hydrogen) atoms. The average Bonchev–Trinajstić information content (AvgIpc) is 3.42. The summed E-state index contributed by atoms with van der Waals surface area (Å²) < 4.78 is 0. The van der Waals surface area contributed by atoms with Crippen LogP contribution in [-0.4, -0.2) is 46.7 Å². The smallest absolute Gasteiger partial charge is 0.291 e. The number of amides is 3. The van der Waals surface area contributed by atoms with Crippen LogP contribution >= 0.6 is 11.8 Å². The summed E-state index contributed by atoms with van der Waals surface area (Å²) in [5, 5.41) is 5.02. The first-order valence-electron chi connectivity index (χ1n) is 10.2. The number of quaternary nitrogens is 1. The fraction of sp³-hybridized carbons (Fsp3) is 0.571. The molecule has 0 radical (unpaired) electrons. The summed E-state index contributed by atoms with van der Waals surface area (Å²) in [5.74, 6) is -0.415. The molecule has 5 rings (SSSR count). The number of likely N-dealkylation sites (tertiary alicyclic amines) is 1. The van der Waals surface area contributed by atoms with Gasteiger partial charge in [0.2, 0.25) is 17.4 Å². The first kappa shape index (κ1) is 18.2. The van der Waals surface area contributed by atoms with Crippen LogP contribution in [0.5, 0.6) is 0 Å². The largest absolute Gasteiger partial charge is 0.326 e. The molecule has 3 fully saturated rings. The van der Waals surface area contributed by atoms with Gasteiger partial charge in [-0.25, -0.2) is 0 Å². The van der Waals surface area contributed by atoms with E-state index in [-0.39, 0.29) is 29.8 Å². The Morgan fingerprint density at radius 3 is 2.68 bits per heavy atom. The highest BCUT2D eigenvalue weighted by Gasteiger charge is 2.74. The highest BCUT2D eigenvalue weighted by atomic mass is 32.2. The van der Waals surface area contributed by atoms with Crippen molar-refractivity contribution in [2.75, 3.05) is 17.3 Å². The molecule has 4 aliphatic rings. The van der Waals surface area contributed by atoms with Gasteiger partial charge in [0.05, 0.1) is 5.69 Å². The van der Waals surface area contributed by atoms with Crippen molar-refractivity contribution >= 4 is 35.2 Å². The summed E-state index contributed by atoms with van der Waals surface area (Å²) in [6.07, 6.45) is 6.78. The number of fused-ring (bicyclic) bond motifs is 4. The molecule has 148 valence electrons. The maximum atomic E-state index is 13.6. The number of nitrogens with one attached hydrogen (secondary N) is 1. The molecule has 4 atom stereocenters. The Morgan fingerprint density at radius 2 is 1.93 bits per heavy atom. The fourth-order valence-electron chi connectivity index (χ4n) is 5.98. The van der Waals surface area contributed by atoms with Crippen LogP contribution in [0.3, 0.4) is 0 Å². The summed E-state index contributed by atoms with van der Waals surface area (Å²) >= 11 is 1.74. The Bertz CT molecular complexity index is 853. The van der Waals surface area contributed by atoms with Crippen molar-refractivity contribution in [1.29, 1.82) is 0 Å². The van der Waals surface area contributed by atoms with Gasteiger partial charge in [-0.15, -0.1) is 0 Å². The van der Waals surface area contributed by atoms with Gasteiger partial charge in [0.1, 0.15) is 17.9 Å². The number of nitrogens with two attached hydrogens (primary N) is 1. The standard InChI is InChI=1S/C21H25N3O3S/c1-28-11-10-15-16-17(19(26)24(18(16)25)12-6-2-3-7-12)21(23-15)13-8-4-5-9-14(13)22-20(21)27/h4-5,8-9,12,15-17,23H,2-3,6-7,10-11H2,1H3,(H,22,27)/p+1/t15-,16-,17+,21-/m1/s1. The van der Waals surface area contributed by atoms with E-state index in [1.807, 2.05) is 35.8 Å². The molecule has 3 heterocycles. The van der Waals surface area contributed by atoms with Gasteiger partial charge in [-0.05, 0) is 30.9 Å². The van der Waals surface area contributed by atoms with Crippen molar-refractivity contribution in [2.45, 2.75) is 49.7 Å². The maximum Gasteiger partial charge on any atom is 0.291 e. The van der Waals surface area contributed by atoms with Crippen LogP contribution < -0.4 is 10.6 Å². The van der Waals surface area contributed by atoms with Crippen LogP contribution in [0.25, 0.3) is 0 Å². The molecular formula is C21H26N3O3S+. The predicted molar refractivity (Wildman–Crippen MR) is 107 cm³/mol. The molecule has 3 aliphatic heterocycles. The number of benzene rings is 1. The van der Waals surface area contributed by atoms with Gasteiger partial charge < -0.3 is 10.6 Å². The van der Waals surface area contributed by atoms with E-state index in [0.29, 0.717) is 0 Å². The zero-order valence-electron chi connectivity index (χ0n) is 16.0. The van der Waals surface area contributed by atoms with Gasteiger partial charge in [-0.3, -0.25) is 19.3 Å². The molecule has 1 aliphatic carbocycles. The van der Waals surface area contributed by atoms with E-state index < -0.39 is 17.4 Å². The second kappa shape index (κ2) is 6.59. The zero-order valence-corrected chi connectivity index (χ0v) is 16.8. The lowest BCUT2D eigenvalue weighted by Gasteiger charge is -2.28. The number of nitrogens with zero attached hydrogens (tertiary/aromatic N) is 1. The third-order valence-corrected chi connectivity index (χ3v) is 7.80. The average molecular weight is 401 g/mol. The monoisotopic (exact) mass is 400 g/mol. The van der Waals surface area contributed by atoms with Crippen molar-refractivity contribution in [2.24, 2.45) is 11.8 Å². The second-order valence-corrected chi connectivity index (χ2v) is 9.45. The molecule has 6 nitrogen and oxygen atoms in total. The Kier molecular flexibility index (Phi) is 4.28. The molecule has 7 heteroatoms. The molecule has 3 N–H and O–H groups in total. The molecule has 1 aromatic rings. The van der Waals surface area contributed by atoms with E-state index in [1.165, 1.54) is 0 Å². The topological polar surface area (TPSA) is 83.1 Å². The van der Waals surface area contributed by atoms with Gasteiger partial charge in [0.25, 0.3) is 5.91 Å². The quantitative estimate of drug-likeness (QED) is 0.741. The summed E-state index contributed by atoms with van der Waals surface area (Å²) in [4.78, 5) is 41.9. The lowest BCUT2D eigenvalue weighted by atomic mass is 9.76. The molecule has 0 bridgehead atoms. The Hall–Kier alpha value is -1.86. The third kappa shape index (κ3) is 2.29. The molecule has 3 amide bonds. The molecule has 1 saturated carbocycles. The van der Waals surface area contributed by atoms with Crippen LogP contribution in [-0.2, 0) is 19.9 Å². The normalized spacial score (nSPS) is 34.4. The highest BCUT2D eigenvalue weighted by molar-refractivity contribution is 7.98. The van der Waals surface area contributed by atoms with Gasteiger partial charge in [-0.2, -0.15) is 11.8 Å². The number of imide groups is 1. The van der Waals surface area contributed by atoms with E-state index in [1.54, 1.807) is 16.7 Å². The number of carbonyl (C=O) groups is 3. The highest BCUT2D eigenvalue weighted by Crippen LogP contribution is 2.50. The number of hydrogen-bond acceptors (Lipinski definition) is 4. The Labute approximate surface area is 168 Å². The minimum absolute atomic E-state index is 0.0172. The molecule has 0 unspecified atom stereocenters. The van der Waals surface area contributed by atoms with E-state index in [0.717, 1.165) is 49.1 Å². The van der Waals surface area contributed by atoms with Crippen molar-refractivity contribution in [1.82, 2.24) is 4.90 Å². The molecule has 2 saturated heterocycles. The first-order valence-corrected chi connectivity index (χ1v) is 11.6. The molecule has 1 aromatic carbocycles. The summed E-state index contributed by atoms with van der Waals surface area (Å²) in [6.45, 7) is 0. The summed E-state index contributed by atoms with van der Waals surface area (Å²) in [5.41, 5.74) is 0.619. The fourth-order valence-corrected chi connectivity index (χ4v) is 6.49. The maximum absolute atomic E-state index is 13.6. The number of carbonyl (C=O) groups excluding carboxylic acids is 3. The zero-order chi connectivity index (χ0) is 19.5. The lowest BCUT2D eigenvalue weighted by molar-refractivity contribution is -0.733. The van der Waals surface area contributed by atoms with Gasteiger partial charge >= 0.3 is 0 Å². The second-order valence-electron chi connectivity index (χ2n) is 8.47. The SMILES string of the molecule is CSCC[C@H]1[NH2+][C@@]2(C(=O)Nc3ccccc32)[C@@H]2C(=O)N(C3CCCC3)C(=O)[C@@H]21. The van der Waals surface area contributed by atoms with Gasteiger partial charge in [-0.1, -0.05) is 31.0 Å². The van der Waals surface area contributed by atoms with E-state index in [9.17, 15) is 14.4 Å². The number of hydrogen-bond donors (Lipinski definition) is 2. The van der Waals surface area contributed by atoms with Crippen LogP contribution in [0.1, 0.15) is 37.7 Å². The first-order chi connectivity index (χ1) is 13.6. The van der Waals surface area contributed by atoms with Crippen molar-refractivity contribution in [3.8, 4) is 0 Å². The molecular weight excluding hydrogens is 374 g/mol. The predicted octanol–water partition coefficient (Wildman–Crippen LogP) is 1.08. The van der Waals surface area contributed by atoms with Crippen LogP contribution in [0.2, 0.25) is 0 Å². The Balaban J connectivity index is 1.61. The van der Waals surface area contributed by atoms with Crippen LogP contribution in [0.15, 0.2) is 24.3 Å². The van der Waals surface area contributed by atoms with Crippen molar-refractivity contribution in [3.63, 3.8) is 0 Å². The summed E-state index contributed by atoms with van der Waals surface area (Å²) in [6, 6.07) is 7.60. The minimum Gasteiger partial charge on any atom is -0.326 e. The van der Waals surface area contributed by atoms with Crippen LogP contribution in [0, 0.1) is 11.8 Å². The van der Waals surface area contributed by atoms with E-state index in [2.05, 4.69) is 5.32 Å². The van der Waals surface area contributed by atoms with Crippen molar-refractivity contribution in [3.05, 3.63) is 29.8 Å². The minimum atomic E-state index is -1.01. The lowest BCUT2D eigenvalue weighted by Crippen LogP contribution is -2.99. The van der Waals surface area contributed by atoms with Gasteiger partial charge in [0, 0.05) is 18.0 Å². The summed E-state index contributed by atoms with van der Waals surface area (Å²) in [7, 11) is 0. The van der Waals surface area contributed by atoms with E-state index in [4.69, 9.17) is 0 Å².